The first-order valence-electron chi connectivity index (χ1n) is 4.66. The van der Waals surface area contributed by atoms with Crippen LogP contribution in [0.2, 0.25) is 0 Å². The van der Waals surface area contributed by atoms with Gasteiger partial charge in [0.2, 0.25) is 5.91 Å². The summed E-state index contributed by atoms with van der Waals surface area (Å²) in [5.74, 6) is 0.532. The number of aryl methyl sites for hydroxylation is 1. The molecule has 0 fully saturated rings. The Hall–Kier alpha value is -0.910. The Bertz CT molecular complexity index is 355. The topological polar surface area (TPSA) is 59.8 Å². The summed E-state index contributed by atoms with van der Waals surface area (Å²) in [5, 5.41) is 6.95. The van der Waals surface area contributed by atoms with E-state index in [1.54, 1.807) is 31.9 Å². The first-order valence-corrected chi connectivity index (χ1v) is 5.45. The molecule has 1 N–H and O–H groups in total. The Balaban J connectivity index is 2.64. The molecule has 15 heavy (non-hydrogen) atoms. The average molecular weight is 275 g/mol. The third-order valence-corrected chi connectivity index (χ3v) is 2.25. The van der Waals surface area contributed by atoms with E-state index in [1.165, 1.54) is 0 Å². The van der Waals surface area contributed by atoms with E-state index >= 15 is 0 Å². The molecule has 0 aromatic carbocycles. The lowest BCUT2D eigenvalue weighted by molar-refractivity contribution is -0.123. The minimum atomic E-state index is -0.573. The Kier molecular flexibility index (Phi) is 3.49. The summed E-state index contributed by atoms with van der Waals surface area (Å²) in [7, 11) is 1.79. The predicted molar refractivity (Wildman–Crippen MR) is 60.6 cm³/mol. The highest BCUT2D eigenvalue weighted by molar-refractivity contribution is 9.10. The molecule has 0 aliphatic rings. The van der Waals surface area contributed by atoms with Crippen molar-refractivity contribution in [3.8, 4) is 0 Å². The summed E-state index contributed by atoms with van der Waals surface area (Å²) in [5.41, 5.74) is 0. The molecule has 0 spiro atoms. The number of alkyl halides is 1. The number of halogens is 1. The van der Waals surface area contributed by atoms with Crippen LogP contribution >= 0.6 is 15.9 Å². The molecule has 84 valence electrons. The van der Waals surface area contributed by atoms with Crippen LogP contribution in [-0.4, -0.2) is 25.0 Å². The van der Waals surface area contributed by atoms with Crippen LogP contribution in [0.4, 0.5) is 0 Å². The maximum absolute atomic E-state index is 11.6. The number of carbonyl (C=O) groups excluding carboxylic acids is 1. The molecule has 0 saturated heterocycles. The fraction of sp³-hybridized carbons (Fsp3) is 0.667. The molecule has 0 saturated carbocycles. The minimum Gasteiger partial charge on any atom is -0.345 e. The molecule has 5 nitrogen and oxygen atoms in total. The summed E-state index contributed by atoms with van der Waals surface area (Å²) >= 11 is 3.29. The van der Waals surface area contributed by atoms with E-state index in [4.69, 9.17) is 0 Å². The van der Waals surface area contributed by atoms with Crippen LogP contribution in [0, 0.1) is 0 Å². The fourth-order valence-electron chi connectivity index (χ4n) is 0.987. The second kappa shape index (κ2) is 4.30. The standard InChI is InChI=1S/C9H15BrN4O/c1-6(7-11-5-14(4)13-7)12-8(15)9(2,3)10/h5-6H,1-4H3,(H,12,15). The van der Waals surface area contributed by atoms with Gasteiger partial charge in [-0.15, -0.1) is 0 Å². The summed E-state index contributed by atoms with van der Waals surface area (Å²) < 4.78 is 1.04. The van der Waals surface area contributed by atoms with Gasteiger partial charge >= 0.3 is 0 Å². The highest BCUT2D eigenvalue weighted by Gasteiger charge is 2.25. The Morgan fingerprint density at radius 3 is 2.67 bits per heavy atom. The molecule has 0 radical (unpaired) electrons. The molecule has 1 unspecified atom stereocenters. The molecule has 1 amide bonds. The van der Waals surface area contributed by atoms with Gasteiger partial charge in [0.1, 0.15) is 6.33 Å². The number of carbonyl (C=O) groups is 1. The zero-order valence-electron chi connectivity index (χ0n) is 9.28. The van der Waals surface area contributed by atoms with E-state index < -0.39 is 4.32 Å². The van der Waals surface area contributed by atoms with E-state index in [0.29, 0.717) is 5.82 Å². The summed E-state index contributed by atoms with van der Waals surface area (Å²) in [6.45, 7) is 5.44. The van der Waals surface area contributed by atoms with Crippen molar-refractivity contribution in [3.05, 3.63) is 12.2 Å². The van der Waals surface area contributed by atoms with E-state index in [0.717, 1.165) is 0 Å². The maximum Gasteiger partial charge on any atom is 0.236 e. The summed E-state index contributed by atoms with van der Waals surface area (Å²) in [6.07, 6.45) is 1.61. The van der Waals surface area contributed by atoms with Crippen LogP contribution in [-0.2, 0) is 11.8 Å². The van der Waals surface area contributed by atoms with Crippen LogP contribution in [0.3, 0.4) is 0 Å². The Morgan fingerprint density at radius 1 is 1.67 bits per heavy atom. The second-order valence-electron chi connectivity index (χ2n) is 3.94. The number of aromatic nitrogens is 3. The largest absolute Gasteiger partial charge is 0.345 e. The number of nitrogens with zero attached hydrogens (tertiary/aromatic N) is 3. The first-order chi connectivity index (χ1) is 6.80. The van der Waals surface area contributed by atoms with Gasteiger partial charge in [-0.3, -0.25) is 9.48 Å². The van der Waals surface area contributed by atoms with Crippen LogP contribution in [0.15, 0.2) is 6.33 Å². The summed E-state index contributed by atoms with van der Waals surface area (Å²) in [6, 6.07) is -0.185. The van der Waals surface area contributed by atoms with Crippen LogP contribution in [0.5, 0.6) is 0 Å². The molecule has 1 aromatic heterocycles. The first kappa shape index (κ1) is 12.2. The lowest BCUT2D eigenvalue weighted by Gasteiger charge is -2.18. The van der Waals surface area contributed by atoms with Crippen molar-refractivity contribution < 1.29 is 4.79 Å². The summed E-state index contributed by atoms with van der Waals surface area (Å²) in [4.78, 5) is 15.7. The molecular formula is C9H15BrN4O. The molecule has 1 atom stereocenters. The van der Waals surface area contributed by atoms with Gasteiger partial charge in [0.05, 0.1) is 10.4 Å². The zero-order chi connectivity index (χ0) is 11.6. The van der Waals surface area contributed by atoms with E-state index in [1.807, 2.05) is 6.92 Å². The molecular weight excluding hydrogens is 260 g/mol. The van der Waals surface area contributed by atoms with Crippen molar-refractivity contribution in [3.63, 3.8) is 0 Å². The van der Waals surface area contributed by atoms with Crippen molar-refractivity contribution in [2.24, 2.45) is 7.05 Å². The monoisotopic (exact) mass is 274 g/mol. The van der Waals surface area contributed by atoms with Gasteiger partial charge < -0.3 is 5.32 Å². The van der Waals surface area contributed by atoms with Crippen molar-refractivity contribution >= 4 is 21.8 Å². The number of amides is 1. The highest BCUT2D eigenvalue weighted by atomic mass is 79.9. The van der Waals surface area contributed by atoms with Gasteiger partial charge in [-0.05, 0) is 20.8 Å². The van der Waals surface area contributed by atoms with Gasteiger partial charge in [0.25, 0.3) is 0 Å². The number of hydrogen-bond donors (Lipinski definition) is 1. The number of rotatable bonds is 3. The smallest absolute Gasteiger partial charge is 0.236 e. The molecule has 1 heterocycles. The fourth-order valence-corrected chi connectivity index (χ4v) is 1.10. The van der Waals surface area contributed by atoms with Gasteiger partial charge in [-0.1, -0.05) is 15.9 Å². The van der Waals surface area contributed by atoms with Crippen LogP contribution in [0.1, 0.15) is 32.6 Å². The van der Waals surface area contributed by atoms with Crippen molar-refractivity contribution in [1.82, 2.24) is 20.1 Å². The Morgan fingerprint density at radius 2 is 2.27 bits per heavy atom. The third kappa shape index (κ3) is 3.30. The van der Waals surface area contributed by atoms with Gasteiger partial charge in [-0.2, -0.15) is 5.10 Å². The SMILES string of the molecule is CC(NC(=O)C(C)(C)Br)c1ncn(C)n1. The highest BCUT2D eigenvalue weighted by Crippen LogP contribution is 2.17. The van der Waals surface area contributed by atoms with Crippen LogP contribution < -0.4 is 5.32 Å². The predicted octanol–water partition coefficient (Wildman–Crippen LogP) is 1.17. The molecule has 0 aliphatic carbocycles. The van der Waals surface area contributed by atoms with Crippen LogP contribution in [0.25, 0.3) is 0 Å². The Labute approximate surface area is 97.4 Å². The van der Waals surface area contributed by atoms with Crippen molar-refractivity contribution in [2.45, 2.75) is 31.1 Å². The number of nitrogens with one attached hydrogen (secondary N) is 1. The van der Waals surface area contributed by atoms with Crippen molar-refractivity contribution in [1.29, 1.82) is 0 Å². The van der Waals surface area contributed by atoms with Crippen molar-refractivity contribution in [2.75, 3.05) is 0 Å². The molecule has 6 heteroatoms. The molecule has 0 bridgehead atoms. The quantitative estimate of drug-likeness (QED) is 0.842. The molecule has 0 aliphatic heterocycles. The minimum absolute atomic E-state index is 0.0811. The molecule has 1 rings (SSSR count). The molecule has 1 aromatic rings. The van der Waals surface area contributed by atoms with Gasteiger partial charge in [0.15, 0.2) is 5.82 Å². The normalized spacial score (nSPS) is 13.7. The zero-order valence-corrected chi connectivity index (χ0v) is 10.9. The van der Waals surface area contributed by atoms with E-state index in [-0.39, 0.29) is 11.9 Å². The second-order valence-corrected chi connectivity index (χ2v) is 5.93. The lowest BCUT2D eigenvalue weighted by Crippen LogP contribution is -2.39. The van der Waals surface area contributed by atoms with E-state index in [2.05, 4.69) is 31.3 Å². The van der Waals surface area contributed by atoms with Gasteiger partial charge in [0, 0.05) is 7.05 Å². The average Bonchev–Trinajstić information content (AvgIpc) is 2.50. The third-order valence-electron chi connectivity index (χ3n) is 1.89. The number of hydrogen-bond acceptors (Lipinski definition) is 3. The van der Waals surface area contributed by atoms with E-state index in [9.17, 15) is 4.79 Å². The van der Waals surface area contributed by atoms with Gasteiger partial charge in [-0.25, -0.2) is 4.98 Å². The lowest BCUT2D eigenvalue weighted by atomic mass is 10.2. The maximum atomic E-state index is 11.6.